The molecule has 0 aliphatic rings. The molecule has 4 heteroatoms. The van der Waals surface area contributed by atoms with Gasteiger partial charge in [-0.2, -0.15) is 0 Å². The normalized spacial score (nSPS) is 11.9. The predicted molar refractivity (Wildman–Crippen MR) is 68.6 cm³/mol. The van der Waals surface area contributed by atoms with Crippen LogP contribution in [0.1, 0.15) is 19.4 Å². The highest BCUT2D eigenvalue weighted by Crippen LogP contribution is 2.33. The highest BCUT2D eigenvalue weighted by molar-refractivity contribution is 7.17. The number of aromatic hydroxyl groups is 1. The zero-order valence-electron chi connectivity index (χ0n) is 9.73. The number of carbonyl (C=O) groups is 1. The van der Waals surface area contributed by atoms with Crippen LogP contribution in [-0.2, 0) is 11.2 Å². The summed E-state index contributed by atoms with van der Waals surface area (Å²) in [6.07, 6.45) is 0.493. The summed E-state index contributed by atoms with van der Waals surface area (Å²) in [5, 5.41) is 21.5. The fraction of sp³-hybridized carbons (Fsp3) is 0.308. The molecular formula is C13H14O3S. The zero-order valence-corrected chi connectivity index (χ0v) is 10.5. The molecular weight excluding hydrogens is 236 g/mol. The van der Waals surface area contributed by atoms with Crippen molar-refractivity contribution in [1.29, 1.82) is 0 Å². The zero-order chi connectivity index (χ0) is 12.6. The average Bonchev–Trinajstić information content (AvgIpc) is 2.60. The lowest BCUT2D eigenvalue weighted by Crippen LogP contribution is -2.25. The van der Waals surface area contributed by atoms with Gasteiger partial charge >= 0.3 is 5.97 Å². The van der Waals surface area contributed by atoms with Crippen molar-refractivity contribution in [1.82, 2.24) is 0 Å². The quantitative estimate of drug-likeness (QED) is 0.879. The van der Waals surface area contributed by atoms with Gasteiger partial charge in [-0.3, -0.25) is 4.79 Å². The van der Waals surface area contributed by atoms with Gasteiger partial charge in [-0.25, -0.2) is 0 Å². The highest BCUT2D eigenvalue weighted by atomic mass is 32.1. The largest absolute Gasteiger partial charge is 0.508 e. The number of phenols is 1. The molecule has 0 aliphatic carbocycles. The number of carboxylic acid groups (broad SMARTS) is 1. The molecule has 0 amide bonds. The second-order valence-electron chi connectivity index (χ2n) is 4.81. The number of hydrogen-bond acceptors (Lipinski definition) is 3. The Morgan fingerprint density at radius 3 is 2.76 bits per heavy atom. The summed E-state index contributed by atoms with van der Waals surface area (Å²) in [6, 6.07) is 5.18. The van der Waals surface area contributed by atoms with Crippen molar-refractivity contribution in [3.63, 3.8) is 0 Å². The molecule has 0 spiro atoms. The predicted octanol–water partition coefficient (Wildman–Crippen LogP) is 3.26. The molecule has 2 aromatic rings. The molecule has 0 fully saturated rings. The van der Waals surface area contributed by atoms with E-state index in [1.165, 1.54) is 11.3 Å². The van der Waals surface area contributed by atoms with E-state index < -0.39 is 11.4 Å². The summed E-state index contributed by atoms with van der Waals surface area (Å²) in [5.74, 6) is -0.556. The van der Waals surface area contributed by atoms with Crippen molar-refractivity contribution < 1.29 is 15.0 Å². The first kappa shape index (κ1) is 11.9. The summed E-state index contributed by atoms with van der Waals surface area (Å²) in [6.45, 7) is 3.44. The van der Waals surface area contributed by atoms with Gasteiger partial charge in [0.05, 0.1) is 5.41 Å². The van der Waals surface area contributed by atoms with E-state index in [1.54, 1.807) is 26.0 Å². The van der Waals surface area contributed by atoms with Crippen LogP contribution in [0.15, 0.2) is 23.6 Å². The van der Waals surface area contributed by atoms with Crippen LogP contribution < -0.4 is 0 Å². The number of hydrogen-bond donors (Lipinski definition) is 2. The molecule has 0 aliphatic heterocycles. The van der Waals surface area contributed by atoms with Crippen LogP contribution in [0.25, 0.3) is 10.1 Å². The Morgan fingerprint density at radius 2 is 2.12 bits per heavy atom. The Bertz CT molecular complexity index is 569. The third-order valence-corrected chi connectivity index (χ3v) is 3.84. The summed E-state index contributed by atoms with van der Waals surface area (Å²) in [7, 11) is 0. The Hall–Kier alpha value is -1.55. The molecule has 2 N–H and O–H groups in total. The van der Waals surface area contributed by atoms with Gasteiger partial charge in [-0.05, 0) is 54.8 Å². The second kappa shape index (κ2) is 4.04. The Kier molecular flexibility index (Phi) is 2.83. The van der Waals surface area contributed by atoms with Crippen molar-refractivity contribution in [3.8, 4) is 5.75 Å². The molecule has 90 valence electrons. The monoisotopic (exact) mass is 250 g/mol. The van der Waals surface area contributed by atoms with Gasteiger partial charge in [-0.15, -0.1) is 11.3 Å². The van der Waals surface area contributed by atoms with Crippen molar-refractivity contribution >= 4 is 27.4 Å². The number of rotatable bonds is 3. The number of aliphatic carboxylic acids is 1. The van der Waals surface area contributed by atoms with Crippen molar-refractivity contribution in [2.24, 2.45) is 5.41 Å². The Balaban J connectivity index is 2.41. The topological polar surface area (TPSA) is 57.5 Å². The fourth-order valence-electron chi connectivity index (χ4n) is 1.76. The van der Waals surface area contributed by atoms with E-state index in [0.717, 1.165) is 15.6 Å². The van der Waals surface area contributed by atoms with Gasteiger partial charge in [0.25, 0.3) is 0 Å². The van der Waals surface area contributed by atoms with Gasteiger partial charge < -0.3 is 10.2 Å². The molecule has 0 saturated carbocycles. The maximum Gasteiger partial charge on any atom is 0.309 e. The molecule has 2 rings (SSSR count). The summed E-state index contributed by atoms with van der Waals surface area (Å²) < 4.78 is 0.987. The maximum absolute atomic E-state index is 11.1. The van der Waals surface area contributed by atoms with Crippen LogP contribution in [-0.4, -0.2) is 16.2 Å². The first-order chi connectivity index (χ1) is 7.90. The summed E-state index contributed by atoms with van der Waals surface area (Å²) >= 11 is 1.53. The van der Waals surface area contributed by atoms with Crippen LogP contribution in [0.5, 0.6) is 5.75 Å². The van der Waals surface area contributed by atoms with Crippen molar-refractivity contribution in [3.05, 3.63) is 29.1 Å². The molecule has 0 atom stereocenters. The van der Waals surface area contributed by atoms with Gasteiger partial charge in [0.15, 0.2) is 0 Å². The molecule has 1 aromatic carbocycles. The molecule has 3 nitrogen and oxygen atoms in total. The first-order valence-electron chi connectivity index (χ1n) is 5.32. The van der Waals surface area contributed by atoms with E-state index in [9.17, 15) is 9.90 Å². The molecule has 0 bridgehead atoms. The lowest BCUT2D eigenvalue weighted by atomic mass is 9.86. The van der Waals surface area contributed by atoms with E-state index in [0.29, 0.717) is 6.42 Å². The highest BCUT2D eigenvalue weighted by Gasteiger charge is 2.28. The second-order valence-corrected chi connectivity index (χ2v) is 5.72. The van der Waals surface area contributed by atoms with E-state index >= 15 is 0 Å². The lowest BCUT2D eigenvalue weighted by Gasteiger charge is -2.18. The smallest absolute Gasteiger partial charge is 0.309 e. The fourth-order valence-corrected chi connectivity index (χ4v) is 2.75. The minimum Gasteiger partial charge on any atom is -0.508 e. The Labute approximate surface area is 103 Å². The number of carboxylic acids is 1. The number of benzene rings is 1. The molecule has 0 saturated heterocycles. The first-order valence-corrected chi connectivity index (χ1v) is 6.20. The molecule has 0 unspecified atom stereocenters. The summed E-state index contributed by atoms with van der Waals surface area (Å²) in [4.78, 5) is 11.1. The van der Waals surface area contributed by atoms with Crippen molar-refractivity contribution in [2.45, 2.75) is 20.3 Å². The molecule has 17 heavy (non-hydrogen) atoms. The lowest BCUT2D eigenvalue weighted by molar-refractivity contribution is -0.146. The van der Waals surface area contributed by atoms with Gasteiger partial charge in [0, 0.05) is 4.70 Å². The van der Waals surface area contributed by atoms with Gasteiger partial charge in [0.2, 0.25) is 0 Å². The third kappa shape index (κ3) is 2.26. The molecule has 1 heterocycles. The average molecular weight is 250 g/mol. The SMILES string of the molecule is CC(C)(Cc1csc2cc(O)ccc12)C(=O)O. The number of thiophene rings is 1. The van der Waals surface area contributed by atoms with Gasteiger partial charge in [0.1, 0.15) is 5.75 Å². The molecule has 0 radical (unpaired) electrons. The third-order valence-electron chi connectivity index (χ3n) is 2.85. The maximum atomic E-state index is 11.1. The van der Waals surface area contributed by atoms with E-state index in [2.05, 4.69) is 0 Å². The van der Waals surface area contributed by atoms with Crippen LogP contribution >= 0.6 is 11.3 Å². The Morgan fingerprint density at radius 1 is 1.41 bits per heavy atom. The van der Waals surface area contributed by atoms with E-state index in [4.69, 9.17) is 5.11 Å². The van der Waals surface area contributed by atoms with Crippen LogP contribution in [0, 0.1) is 5.41 Å². The summed E-state index contributed by atoms with van der Waals surface area (Å²) in [5.41, 5.74) is 0.253. The molecule has 1 aromatic heterocycles. The minimum absolute atomic E-state index is 0.239. The van der Waals surface area contributed by atoms with Crippen molar-refractivity contribution in [2.75, 3.05) is 0 Å². The number of phenolic OH excluding ortho intramolecular Hbond substituents is 1. The number of fused-ring (bicyclic) bond motifs is 1. The van der Waals surface area contributed by atoms with Crippen LogP contribution in [0.3, 0.4) is 0 Å². The standard InChI is InChI=1S/C13H14O3S/c1-13(2,12(15)16)6-8-7-17-11-5-9(14)3-4-10(8)11/h3-5,7,14H,6H2,1-2H3,(H,15,16). The van der Waals surface area contributed by atoms with Crippen LogP contribution in [0.4, 0.5) is 0 Å². The van der Waals surface area contributed by atoms with E-state index in [-0.39, 0.29) is 5.75 Å². The van der Waals surface area contributed by atoms with Crippen LogP contribution in [0.2, 0.25) is 0 Å². The van der Waals surface area contributed by atoms with E-state index in [1.807, 2.05) is 11.4 Å². The van der Waals surface area contributed by atoms with Gasteiger partial charge in [-0.1, -0.05) is 0 Å². The minimum atomic E-state index is -0.796.